The summed E-state index contributed by atoms with van der Waals surface area (Å²) in [5, 5.41) is 7.49. The Kier molecular flexibility index (Phi) is 5.86. The number of fused-ring (bicyclic) bond motifs is 1. The van der Waals surface area contributed by atoms with E-state index in [1.165, 1.54) is 0 Å². The number of nitrogens with one attached hydrogen (secondary N) is 1. The molecule has 1 atom stereocenters. The van der Waals surface area contributed by atoms with Crippen molar-refractivity contribution in [2.45, 2.75) is 64.9 Å². The first-order valence-corrected chi connectivity index (χ1v) is 11.7. The molecular formula is C24H37N9. The van der Waals surface area contributed by atoms with Gasteiger partial charge in [-0.3, -0.25) is 0 Å². The Morgan fingerprint density at radius 2 is 2.06 bits per heavy atom. The number of anilines is 3. The zero-order valence-corrected chi connectivity index (χ0v) is 20.0. The molecule has 3 aromatic heterocycles. The van der Waals surface area contributed by atoms with Gasteiger partial charge in [0.25, 0.3) is 0 Å². The summed E-state index contributed by atoms with van der Waals surface area (Å²) in [7, 11) is 4.29. The molecule has 1 fully saturated rings. The Bertz CT molecular complexity index is 1180. The molecule has 4 heterocycles. The van der Waals surface area contributed by atoms with Crippen LogP contribution in [0.25, 0.3) is 5.65 Å². The monoisotopic (exact) mass is 454 g/mol. The third-order valence-corrected chi connectivity index (χ3v) is 6.33. The standard InChI is InChI=1S/C24H37N9/c1-6-7-17(3)28-24-29-21(25)23-27-15-20(33(23)30-24)13-18-12-16(2)22(26-14-18)32-10-8-19(9-11-32)31(4)5/h12,14-15,17,19H,6-11,13H2,1-5H3,(H3,25,28,29,30)/t17-/m1/s1/i3D3. The van der Waals surface area contributed by atoms with E-state index < -0.39 is 12.9 Å². The van der Waals surface area contributed by atoms with E-state index in [1.807, 2.05) is 13.1 Å². The molecule has 0 amide bonds. The van der Waals surface area contributed by atoms with Gasteiger partial charge in [-0.15, -0.1) is 5.10 Å². The first-order chi connectivity index (χ1) is 17.1. The largest absolute Gasteiger partial charge is 0.380 e. The highest BCUT2D eigenvalue weighted by Gasteiger charge is 2.22. The van der Waals surface area contributed by atoms with E-state index >= 15 is 0 Å². The molecule has 0 aliphatic carbocycles. The highest BCUT2D eigenvalue weighted by molar-refractivity contribution is 5.61. The van der Waals surface area contributed by atoms with Crippen molar-refractivity contribution < 1.29 is 4.11 Å². The zero-order chi connectivity index (χ0) is 26.0. The molecule has 0 spiro atoms. The topological polar surface area (TPSA) is 100 Å². The molecule has 0 bridgehead atoms. The molecule has 0 aromatic carbocycles. The van der Waals surface area contributed by atoms with E-state index in [-0.39, 0.29) is 11.8 Å². The van der Waals surface area contributed by atoms with Gasteiger partial charge in [0.15, 0.2) is 11.5 Å². The normalized spacial score (nSPS) is 17.7. The molecule has 9 heteroatoms. The van der Waals surface area contributed by atoms with Crippen LogP contribution in [0.4, 0.5) is 17.6 Å². The lowest BCUT2D eigenvalue weighted by Crippen LogP contribution is -2.42. The molecule has 0 radical (unpaired) electrons. The number of nitrogens with two attached hydrogens (primary N) is 1. The summed E-state index contributed by atoms with van der Waals surface area (Å²) in [6, 6.07) is 2.03. The van der Waals surface area contributed by atoms with Crippen LogP contribution in [-0.4, -0.2) is 68.7 Å². The number of pyridine rings is 1. The van der Waals surface area contributed by atoms with E-state index in [0.29, 0.717) is 24.5 Å². The minimum absolute atomic E-state index is 0.180. The van der Waals surface area contributed by atoms with Crippen molar-refractivity contribution >= 4 is 23.2 Å². The van der Waals surface area contributed by atoms with Crippen LogP contribution in [0, 0.1) is 6.92 Å². The van der Waals surface area contributed by atoms with Gasteiger partial charge in [-0.1, -0.05) is 19.4 Å². The smallest absolute Gasteiger partial charge is 0.243 e. The molecule has 9 nitrogen and oxygen atoms in total. The summed E-state index contributed by atoms with van der Waals surface area (Å²) < 4.78 is 25.1. The van der Waals surface area contributed by atoms with E-state index in [2.05, 4.69) is 57.3 Å². The SMILES string of the molecule is [2H]C([2H])([2H])[C@H](CCC)Nc1nc(N)c2ncc(Cc3cnc(N4CCC(N(C)C)CC4)c(C)c3)n2n1. The number of rotatable bonds is 8. The summed E-state index contributed by atoms with van der Waals surface area (Å²) in [5.74, 6) is 1.42. The number of hydrogen-bond acceptors (Lipinski definition) is 8. The number of hydrogen-bond donors (Lipinski definition) is 2. The Labute approximate surface area is 200 Å². The van der Waals surface area contributed by atoms with Gasteiger partial charge in [-0.05, 0) is 58.3 Å². The predicted molar refractivity (Wildman–Crippen MR) is 134 cm³/mol. The van der Waals surface area contributed by atoms with Crippen molar-refractivity contribution in [2.75, 3.05) is 43.1 Å². The summed E-state index contributed by atoms with van der Waals surface area (Å²) in [5.41, 5.74) is 9.59. The molecule has 0 unspecified atom stereocenters. The Hall–Kier alpha value is -2.94. The van der Waals surface area contributed by atoms with Gasteiger partial charge in [0.05, 0.1) is 11.9 Å². The summed E-state index contributed by atoms with van der Waals surface area (Å²) in [6.45, 7) is 3.88. The molecule has 1 saturated heterocycles. The number of nitrogen functional groups attached to an aromatic ring is 1. The summed E-state index contributed by atoms with van der Waals surface area (Å²) >= 11 is 0. The third kappa shape index (κ3) is 5.19. The van der Waals surface area contributed by atoms with Crippen LogP contribution >= 0.6 is 0 Å². The minimum Gasteiger partial charge on any atom is -0.380 e. The maximum absolute atomic E-state index is 7.81. The van der Waals surface area contributed by atoms with Crippen molar-refractivity contribution in [3.05, 3.63) is 35.3 Å². The highest BCUT2D eigenvalue weighted by atomic mass is 15.3. The second kappa shape index (κ2) is 9.91. The van der Waals surface area contributed by atoms with Crippen molar-refractivity contribution in [1.29, 1.82) is 0 Å². The Morgan fingerprint density at radius 3 is 2.73 bits per heavy atom. The van der Waals surface area contributed by atoms with Crippen LogP contribution in [0.15, 0.2) is 18.5 Å². The number of nitrogens with zero attached hydrogens (tertiary/aromatic N) is 7. The van der Waals surface area contributed by atoms with Crippen molar-refractivity contribution in [1.82, 2.24) is 29.5 Å². The Balaban J connectivity index is 1.53. The second-order valence-electron chi connectivity index (χ2n) is 9.13. The van der Waals surface area contributed by atoms with Gasteiger partial charge >= 0.3 is 0 Å². The van der Waals surface area contributed by atoms with E-state index in [1.54, 1.807) is 10.7 Å². The number of piperidine rings is 1. The second-order valence-corrected chi connectivity index (χ2v) is 9.13. The van der Waals surface area contributed by atoms with E-state index in [4.69, 9.17) is 14.8 Å². The average Bonchev–Trinajstić information content (AvgIpc) is 3.21. The van der Waals surface area contributed by atoms with E-state index in [9.17, 15) is 0 Å². The summed E-state index contributed by atoms with van der Waals surface area (Å²) in [4.78, 5) is 18.1. The van der Waals surface area contributed by atoms with Crippen LogP contribution in [0.3, 0.4) is 0 Å². The van der Waals surface area contributed by atoms with Crippen LogP contribution in [-0.2, 0) is 6.42 Å². The third-order valence-electron chi connectivity index (χ3n) is 6.33. The van der Waals surface area contributed by atoms with Gasteiger partial charge in [0, 0.05) is 41.9 Å². The minimum atomic E-state index is -2.17. The predicted octanol–water partition coefficient (Wildman–Crippen LogP) is 3.13. The van der Waals surface area contributed by atoms with Gasteiger partial charge < -0.3 is 20.9 Å². The van der Waals surface area contributed by atoms with Crippen molar-refractivity contribution in [3.8, 4) is 0 Å². The number of aryl methyl sites for hydroxylation is 1. The fourth-order valence-corrected chi connectivity index (χ4v) is 4.50. The van der Waals surface area contributed by atoms with Gasteiger partial charge in [0.1, 0.15) is 5.82 Å². The van der Waals surface area contributed by atoms with Gasteiger partial charge in [0.2, 0.25) is 5.95 Å². The highest BCUT2D eigenvalue weighted by Crippen LogP contribution is 2.25. The van der Waals surface area contributed by atoms with Crippen LogP contribution in [0.1, 0.15) is 60.4 Å². The maximum Gasteiger partial charge on any atom is 0.243 e. The lowest BCUT2D eigenvalue weighted by Gasteiger charge is -2.36. The molecule has 3 N–H and O–H groups in total. The van der Waals surface area contributed by atoms with Gasteiger partial charge in [-0.25, -0.2) is 14.5 Å². The maximum atomic E-state index is 7.81. The molecule has 1 aliphatic heterocycles. The fraction of sp³-hybridized carbons (Fsp3) is 0.583. The van der Waals surface area contributed by atoms with E-state index in [0.717, 1.165) is 55.0 Å². The van der Waals surface area contributed by atoms with Gasteiger partial charge in [-0.2, -0.15) is 4.98 Å². The first-order valence-electron chi connectivity index (χ1n) is 13.2. The molecule has 33 heavy (non-hydrogen) atoms. The number of aromatic nitrogens is 5. The van der Waals surface area contributed by atoms with Crippen LogP contribution in [0.5, 0.6) is 0 Å². The lowest BCUT2D eigenvalue weighted by atomic mass is 10.0. The first kappa shape index (κ1) is 19.5. The van der Waals surface area contributed by atoms with Crippen LogP contribution in [0.2, 0.25) is 0 Å². The summed E-state index contributed by atoms with van der Waals surface area (Å²) in [6.07, 6.45) is 7.67. The molecule has 3 aromatic rings. The molecule has 1 aliphatic rings. The fourth-order valence-electron chi connectivity index (χ4n) is 4.50. The van der Waals surface area contributed by atoms with Crippen LogP contribution < -0.4 is 16.0 Å². The average molecular weight is 455 g/mol. The van der Waals surface area contributed by atoms with Crippen molar-refractivity contribution in [2.24, 2.45) is 0 Å². The molecule has 178 valence electrons. The quantitative estimate of drug-likeness (QED) is 0.535. The lowest BCUT2D eigenvalue weighted by molar-refractivity contribution is 0.249. The molecular weight excluding hydrogens is 414 g/mol. The number of imidazole rings is 1. The zero-order valence-electron chi connectivity index (χ0n) is 23.0. The Morgan fingerprint density at radius 1 is 1.27 bits per heavy atom. The van der Waals surface area contributed by atoms with Crippen molar-refractivity contribution in [3.63, 3.8) is 0 Å². The molecule has 0 saturated carbocycles. The molecule has 4 rings (SSSR count).